The lowest BCUT2D eigenvalue weighted by atomic mass is 10.2. The van der Waals surface area contributed by atoms with Gasteiger partial charge in [0.25, 0.3) is 11.8 Å². The fourth-order valence-corrected chi connectivity index (χ4v) is 2.94. The first-order valence-corrected chi connectivity index (χ1v) is 10.3. The summed E-state index contributed by atoms with van der Waals surface area (Å²) in [5.41, 5.74) is 6.92. The molecule has 0 aliphatic carbocycles. The second-order valence-electron chi connectivity index (χ2n) is 6.70. The van der Waals surface area contributed by atoms with Crippen LogP contribution in [0.25, 0.3) is 0 Å². The van der Waals surface area contributed by atoms with Gasteiger partial charge in [-0.2, -0.15) is 0 Å². The molecule has 164 valence electrons. The summed E-state index contributed by atoms with van der Waals surface area (Å²) >= 11 is 5.09. The lowest BCUT2D eigenvalue weighted by molar-refractivity contribution is 0.0934. The molecule has 3 aromatic carbocycles. The minimum Gasteiger partial charge on any atom is -0.497 e. The molecule has 0 saturated carbocycles. The van der Waals surface area contributed by atoms with Crippen LogP contribution in [0.4, 0.5) is 0 Å². The number of benzene rings is 3. The Hall–Kier alpha value is -3.91. The van der Waals surface area contributed by atoms with Gasteiger partial charge in [0.15, 0.2) is 5.11 Å². The smallest absolute Gasteiger partial charge is 0.269 e. The number of carbonyl (C=O) groups excluding carboxylic acids is 2. The standard InChI is InChI=1S/C24H23N3O4S/c1-30-20-12-10-18(11-13-20)23(29)26-27-24(32)25-22(28)19-8-5-9-21(16-19)31-15-14-17-6-3-2-4-7-17/h2-13,16H,14-15H2,1H3,(H,26,29)(H2,25,27,28,32). The average molecular weight is 450 g/mol. The van der Waals surface area contributed by atoms with Crippen molar-refractivity contribution < 1.29 is 19.1 Å². The van der Waals surface area contributed by atoms with Crippen LogP contribution >= 0.6 is 12.2 Å². The molecule has 0 aliphatic rings. The molecule has 0 aromatic heterocycles. The van der Waals surface area contributed by atoms with Crippen molar-refractivity contribution in [3.8, 4) is 11.5 Å². The van der Waals surface area contributed by atoms with Crippen molar-refractivity contribution in [2.75, 3.05) is 13.7 Å². The number of carbonyl (C=O) groups is 2. The SMILES string of the molecule is COc1ccc(C(=O)NNC(=S)NC(=O)c2cccc(OCCc3ccccc3)c2)cc1. The fourth-order valence-electron chi connectivity index (χ4n) is 2.79. The second-order valence-corrected chi connectivity index (χ2v) is 7.11. The highest BCUT2D eigenvalue weighted by Gasteiger charge is 2.11. The highest BCUT2D eigenvalue weighted by atomic mass is 32.1. The number of hydrogen-bond acceptors (Lipinski definition) is 5. The number of rotatable bonds is 7. The molecule has 0 aliphatic heterocycles. The maximum absolute atomic E-state index is 12.5. The van der Waals surface area contributed by atoms with Gasteiger partial charge in [0.1, 0.15) is 11.5 Å². The Morgan fingerprint density at radius 1 is 0.812 bits per heavy atom. The van der Waals surface area contributed by atoms with E-state index < -0.39 is 11.8 Å². The third-order valence-corrected chi connectivity index (χ3v) is 4.67. The maximum atomic E-state index is 12.5. The molecule has 3 N–H and O–H groups in total. The van der Waals surface area contributed by atoms with E-state index in [4.69, 9.17) is 21.7 Å². The molecule has 0 fully saturated rings. The largest absolute Gasteiger partial charge is 0.497 e. The van der Waals surface area contributed by atoms with E-state index in [-0.39, 0.29) is 5.11 Å². The van der Waals surface area contributed by atoms with Gasteiger partial charge in [0.05, 0.1) is 13.7 Å². The quantitative estimate of drug-likeness (QED) is 0.379. The van der Waals surface area contributed by atoms with Crippen molar-refractivity contribution in [1.82, 2.24) is 16.2 Å². The van der Waals surface area contributed by atoms with Gasteiger partial charge >= 0.3 is 0 Å². The third kappa shape index (κ3) is 6.82. The van der Waals surface area contributed by atoms with Crippen LogP contribution in [0.3, 0.4) is 0 Å². The maximum Gasteiger partial charge on any atom is 0.269 e. The summed E-state index contributed by atoms with van der Waals surface area (Å²) < 4.78 is 10.8. The molecule has 32 heavy (non-hydrogen) atoms. The van der Waals surface area contributed by atoms with Gasteiger partial charge in [0, 0.05) is 17.5 Å². The fraction of sp³-hybridized carbons (Fsp3) is 0.125. The zero-order valence-electron chi connectivity index (χ0n) is 17.5. The van der Waals surface area contributed by atoms with Gasteiger partial charge in [-0.05, 0) is 60.2 Å². The van der Waals surface area contributed by atoms with Crippen LogP contribution in [-0.2, 0) is 6.42 Å². The van der Waals surface area contributed by atoms with Crippen LogP contribution in [0.5, 0.6) is 11.5 Å². The lowest BCUT2D eigenvalue weighted by Crippen LogP contribution is -2.48. The van der Waals surface area contributed by atoms with E-state index in [2.05, 4.69) is 16.2 Å². The number of amides is 2. The van der Waals surface area contributed by atoms with E-state index in [9.17, 15) is 9.59 Å². The highest BCUT2D eigenvalue weighted by Crippen LogP contribution is 2.14. The van der Waals surface area contributed by atoms with E-state index >= 15 is 0 Å². The van der Waals surface area contributed by atoms with Gasteiger partial charge in [-0.1, -0.05) is 36.4 Å². The van der Waals surface area contributed by atoms with Crippen LogP contribution in [0.1, 0.15) is 26.3 Å². The van der Waals surface area contributed by atoms with Crippen LogP contribution in [0, 0.1) is 0 Å². The number of ether oxygens (including phenoxy) is 2. The summed E-state index contributed by atoms with van der Waals surface area (Å²) in [4.78, 5) is 24.6. The minimum atomic E-state index is -0.422. The molecular weight excluding hydrogens is 426 g/mol. The van der Waals surface area contributed by atoms with Crippen molar-refractivity contribution in [3.63, 3.8) is 0 Å². The molecule has 0 spiro atoms. The molecule has 3 aromatic rings. The van der Waals surface area contributed by atoms with Crippen LogP contribution in [0.2, 0.25) is 0 Å². The average Bonchev–Trinajstić information content (AvgIpc) is 2.83. The first kappa shape index (κ1) is 22.8. The van der Waals surface area contributed by atoms with Crippen LogP contribution in [0.15, 0.2) is 78.9 Å². The second kappa shape index (κ2) is 11.5. The van der Waals surface area contributed by atoms with Gasteiger partial charge < -0.3 is 9.47 Å². The normalized spacial score (nSPS) is 10.0. The summed E-state index contributed by atoms with van der Waals surface area (Å²) in [6, 6.07) is 23.4. The summed E-state index contributed by atoms with van der Waals surface area (Å²) in [6.45, 7) is 0.493. The van der Waals surface area contributed by atoms with E-state index in [0.29, 0.717) is 29.2 Å². The highest BCUT2D eigenvalue weighted by molar-refractivity contribution is 7.80. The zero-order valence-corrected chi connectivity index (χ0v) is 18.3. The Morgan fingerprint density at radius 3 is 2.28 bits per heavy atom. The number of hydrazine groups is 1. The van der Waals surface area contributed by atoms with Gasteiger partial charge in [-0.3, -0.25) is 25.8 Å². The van der Waals surface area contributed by atoms with E-state index in [1.165, 1.54) is 5.56 Å². The Balaban J connectivity index is 1.46. The molecule has 7 nitrogen and oxygen atoms in total. The summed E-state index contributed by atoms with van der Waals surface area (Å²) in [5, 5.41) is 2.49. The molecule has 0 heterocycles. The topological polar surface area (TPSA) is 88.7 Å². The third-order valence-electron chi connectivity index (χ3n) is 4.47. The first-order chi connectivity index (χ1) is 15.5. The zero-order chi connectivity index (χ0) is 22.8. The van der Waals surface area contributed by atoms with Gasteiger partial charge in [0.2, 0.25) is 0 Å². The molecule has 0 atom stereocenters. The minimum absolute atomic E-state index is 0.0349. The summed E-state index contributed by atoms with van der Waals surface area (Å²) in [7, 11) is 1.55. The first-order valence-electron chi connectivity index (χ1n) is 9.87. The Bertz CT molecular complexity index is 1070. The van der Waals surface area contributed by atoms with Crippen molar-refractivity contribution in [3.05, 3.63) is 95.6 Å². The Morgan fingerprint density at radius 2 is 1.56 bits per heavy atom. The van der Waals surface area contributed by atoms with Crippen LogP contribution < -0.4 is 25.6 Å². The molecule has 2 amide bonds. The number of hydrogen-bond donors (Lipinski definition) is 3. The van der Waals surface area contributed by atoms with Crippen LogP contribution in [-0.4, -0.2) is 30.6 Å². The van der Waals surface area contributed by atoms with E-state index in [1.807, 2.05) is 30.3 Å². The monoisotopic (exact) mass is 449 g/mol. The molecule has 8 heteroatoms. The van der Waals surface area contributed by atoms with Crippen molar-refractivity contribution >= 4 is 29.1 Å². The molecule has 0 unspecified atom stereocenters. The van der Waals surface area contributed by atoms with Crippen molar-refractivity contribution in [1.29, 1.82) is 0 Å². The summed E-state index contributed by atoms with van der Waals surface area (Å²) in [5.74, 6) is 0.400. The predicted octanol–water partition coefficient (Wildman–Crippen LogP) is 3.27. The number of nitrogens with one attached hydrogen (secondary N) is 3. The summed E-state index contributed by atoms with van der Waals surface area (Å²) in [6.07, 6.45) is 0.763. The Labute approximate surface area is 191 Å². The Kier molecular flexibility index (Phi) is 8.16. The van der Waals surface area contributed by atoms with E-state index in [1.54, 1.807) is 55.6 Å². The predicted molar refractivity (Wildman–Crippen MR) is 126 cm³/mol. The van der Waals surface area contributed by atoms with Gasteiger partial charge in [-0.15, -0.1) is 0 Å². The molecule has 3 rings (SSSR count). The lowest BCUT2D eigenvalue weighted by Gasteiger charge is -2.12. The number of thiocarbonyl (C=S) groups is 1. The number of methoxy groups -OCH3 is 1. The molecule has 0 bridgehead atoms. The van der Waals surface area contributed by atoms with Crippen molar-refractivity contribution in [2.24, 2.45) is 0 Å². The molecule has 0 saturated heterocycles. The molecular formula is C24H23N3O4S. The van der Waals surface area contributed by atoms with E-state index in [0.717, 1.165) is 6.42 Å². The van der Waals surface area contributed by atoms with Gasteiger partial charge in [-0.25, -0.2) is 0 Å². The molecule has 0 radical (unpaired) electrons. The van der Waals surface area contributed by atoms with Crippen molar-refractivity contribution in [2.45, 2.75) is 6.42 Å².